The predicted octanol–water partition coefficient (Wildman–Crippen LogP) is 4.76. The summed E-state index contributed by atoms with van der Waals surface area (Å²) in [5.41, 5.74) is 2.73. The number of rotatable bonds is 2. The van der Waals surface area contributed by atoms with E-state index in [9.17, 15) is 5.11 Å². The van der Waals surface area contributed by atoms with E-state index in [-0.39, 0.29) is 0 Å². The molecule has 0 saturated heterocycles. The fourth-order valence-corrected chi connectivity index (χ4v) is 2.06. The van der Waals surface area contributed by atoms with Crippen molar-refractivity contribution < 1.29 is 5.11 Å². The van der Waals surface area contributed by atoms with E-state index < -0.39 is 9.90 Å². The van der Waals surface area contributed by atoms with Crippen molar-refractivity contribution in [3.63, 3.8) is 0 Å². The summed E-state index contributed by atoms with van der Waals surface area (Å²) in [7, 11) is 0. The molecule has 0 aromatic heterocycles. The van der Waals surface area contributed by atoms with Gasteiger partial charge in [0.1, 0.15) is 6.10 Å². The number of benzene rings is 2. The smallest absolute Gasteiger partial charge is 0.220 e. The Morgan fingerprint density at radius 3 is 1.78 bits per heavy atom. The fourth-order valence-electron chi connectivity index (χ4n) is 1.68. The van der Waals surface area contributed by atoms with Gasteiger partial charge >= 0.3 is 0 Å². The topological polar surface area (TPSA) is 20.2 Å². The van der Waals surface area contributed by atoms with E-state index in [0.29, 0.717) is 5.56 Å². The lowest BCUT2D eigenvalue weighted by Gasteiger charge is -2.19. The van der Waals surface area contributed by atoms with Gasteiger partial charge in [-0.05, 0) is 16.7 Å². The highest BCUT2D eigenvalue weighted by Gasteiger charge is 2.31. The van der Waals surface area contributed by atoms with E-state index in [2.05, 4.69) is 0 Å². The Kier molecular flexibility index (Phi) is 4.18. The van der Waals surface area contributed by atoms with Crippen molar-refractivity contribution in [3.05, 3.63) is 60.2 Å². The zero-order valence-corrected chi connectivity index (χ0v) is 11.6. The Morgan fingerprint density at radius 1 is 0.778 bits per heavy atom. The summed E-state index contributed by atoms with van der Waals surface area (Å²) in [6.45, 7) is 0. The Balaban J connectivity index is 2.26. The molecule has 0 aliphatic heterocycles. The quantitative estimate of drug-likeness (QED) is 0.793. The van der Waals surface area contributed by atoms with Gasteiger partial charge in [0.2, 0.25) is 3.79 Å². The van der Waals surface area contributed by atoms with E-state index in [4.69, 9.17) is 34.8 Å². The third-order valence-electron chi connectivity index (χ3n) is 2.64. The zero-order valence-electron chi connectivity index (χ0n) is 9.35. The van der Waals surface area contributed by atoms with Gasteiger partial charge in [-0.15, -0.1) is 0 Å². The van der Waals surface area contributed by atoms with Crippen LogP contribution in [0.25, 0.3) is 11.1 Å². The molecule has 1 N–H and O–H groups in total. The van der Waals surface area contributed by atoms with Gasteiger partial charge in [0.15, 0.2) is 0 Å². The normalized spacial score (nSPS) is 13.3. The predicted molar refractivity (Wildman–Crippen MR) is 77.1 cm³/mol. The lowest BCUT2D eigenvalue weighted by molar-refractivity contribution is 0.182. The van der Waals surface area contributed by atoms with Crippen LogP contribution >= 0.6 is 34.8 Å². The average molecular weight is 302 g/mol. The van der Waals surface area contributed by atoms with Crippen molar-refractivity contribution in [2.24, 2.45) is 0 Å². The minimum absolute atomic E-state index is 0.578. The summed E-state index contributed by atoms with van der Waals surface area (Å²) in [4.78, 5) is 0. The molecule has 94 valence electrons. The van der Waals surface area contributed by atoms with Crippen LogP contribution in [0.3, 0.4) is 0 Å². The van der Waals surface area contributed by atoms with E-state index in [1.807, 2.05) is 42.5 Å². The summed E-state index contributed by atoms with van der Waals surface area (Å²) in [6.07, 6.45) is -1.13. The van der Waals surface area contributed by atoms with Crippen molar-refractivity contribution in [1.82, 2.24) is 0 Å². The summed E-state index contributed by atoms with van der Waals surface area (Å²) < 4.78 is -1.71. The second-order valence-electron chi connectivity index (χ2n) is 3.93. The first-order valence-electron chi connectivity index (χ1n) is 5.38. The van der Waals surface area contributed by atoms with Gasteiger partial charge in [-0.25, -0.2) is 0 Å². The maximum atomic E-state index is 9.82. The van der Waals surface area contributed by atoms with Gasteiger partial charge in [-0.3, -0.25) is 0 Å². The first kappa shape index (κ1) is 13.7. The summed E-state index contributed by atoms with van der Waals surface area (Å²) in [6, 6.07) is 17.2. The van der Waals surface area contributed by atoms with E-state index in [1.54, 1.807) is 12.1 Å². The molecule has 0 aliphatic carbocycles. The Labute approximate surface area is 121 Å². The molecule has 2 aromatic carbocycles. The Morgan fingerprint density at radius 2 is 1.28 bits per heavy atom. The molecule has 0 unspecified atom stereocenters. The van der Waals surface area contributed by atoms with Crippen LogP contribution in [0.2, 0.25) is 0 Å². The molecule has 1 nitrogen and oxygen atoms in total. The molecule has 18 heavy (non-hydrogen) atoms. The molecule has 0 spiro atoms. The second kappa shape index (κ2) is 5.50. The highest BCUT2D eigenvalue weighted by molar-refractivity contribution is 6.68. The van der Waals surface area contributed by atoms with Crippen molar-refractivity contribution >= 4 is 34.8 Å². The molecular formula is C14H11Cl3O. The number of hydrogen-bond acceptors (Lipinski definition) is 1. The first-order valence-corrected chi connectivity index (χ1v) is 6.52. The number of hydrogen-bond donors (Lipinski definition) is 1. The molecule has 0 saturated carbocycles. The lowest BCUT2D eigenvalue weighted by atomic mass is 10.0. The van der Waals surface area contributed by atoms with Crippen LogP contribution in [0.4, 0.5) is 0 Å². The molecule has 0 amide bonds. The maximum absolute atomic E-state index is 9.82. The largest absolute Gasteiger partial charge is 0.384 e. The van der Waals surface area contributed by atoms with Crippen LogP contribution in [-0.4, -0.2) is 8.90 Å². The van der Waals surface area contributed by atoms with Gasteiger partial charge in [0, 0.05) is 0 Å². The molecule has 0 aliphatic rings. The fraction of sp³-hybridized carbons (Fsp3) is 0.143. The van der Waals surface area contributed by atoms with Crippen molar-refractivity contribution in [2.75, 3.05) is 0 Å². The van der Waals surface area contributed by atoms with Crippen molar-refractivity contribution in [1.29, 1.82) is 0 Å². The number of alkyl halides is 3. The van der Waals surface area contributed by atoms with Crippen LogP contribution in [0.5, 0.6) is 0 Å². The van der Waals surface area contributed by atoms with Crippen molar-refractivity contribution in [2.45, 2.75) is 9.90 Å². The molecule has 2 rings (SSSR count). The highest BCUT2D eigenvalue weighted by atomic mass is 35.6. The molecule has 0 radical (unpaired) electrons. The van der Waals surface area contributed by atoms with Gasteiger partial charge in [0.05, 0.1) is 0 Å². The van der Waals surface area contributed by atoms with E-state index in [0.717, 1.165) is 11.1 Å². The average Bonchev–Trinajstić information content (AvgIpc) is 2.38. The number of aliphatic hydroxyl groups excluding tert-OH is 1. The SMILES string of the molecule is O[C@@H](c1ccc(-c2ccccc2)cc1)C(Cl)(Cl)Cl. The molecule has 2 aromatic rings. The molecule has 0 fully saturated rings. The first-order chi connectivity index (χ1) is 8.48. The monoisotopic (exact) mass is 300 g/mol. The lowest BCUT2D eigenvalue weighted by Crippen LogP contribution is -2.16. The van der Waals surface area contributed by atoms with Crippen LogP contribution in [0.1, 0.15) is 11.7 Å². The van der Waals surface area contributed by atoms with Gasteiger partial charge in [0.25, 0.3) is 0 Å². The number of halogens is 3. The highest BCUT2D eigenvalue weighted by Crippen LogP contribution is 2.39. The molecular weight excluding hydrogens is 291 g/mol. The van der Waals surface area contributed by atoms with E-state index in [1.165, 1.54) is 0 Å². The molecule has 1 atom stereocenters. The third kappa shape index (κ3) is 3.18. The third-order valence-corrected chi connectivity index (χ3v) is 3.26. The van der Waals surface area contributed by atoms with Crippen molar-refractivity contribution in [3.8, 4) is 11.1 Å². The summed E-state index contributed by atoms with van der Waals surface area (Å²) in [5.74, 6) is 0. The standard InChI is InChI=1S/C14H11Cl3O/c15-14(16,17)13(18)12-8-6-11(7-9-12)10-4-2-1-3-5-10/h1-9,13,18H/t13-/m0/s1. The minimum atomic E-state index is -1.71. The zero-order chi connectivity index (χ0) is 13.2. The molecule has 4 heteroatoms. The minimum Gasteiger partial charge on any atom is -0.384 e. The Hall–Kier alpha value is -0.730. The van der Waals surface area contributed by atoms with Crippen LogP contribution in [0.15, 0.2) is 54.6 Å². The molecule has 0 bridgehead atoms. The van der Waals surface area contributed by atoms with Crippen LogP contribution in [-0.2, 0) is 0 Å². The van der Waals surface area contributed by atoms with Crippen LogP contribution < -0.4 is 0 Å². The van der Waals surface area contributed by atoms with Gasteiger partial charge < -0.3 is 5.11 Å². The molecule has 0 heterocycles. The van der Waals surface area contributed by atoms with Gasteiger partial charge in [-0.1, -0.05) is 89.4 Å². The van der Waals surface area contributed by atoms with Crippen LogP contribution in [0, 0.1) is 0 Å². The Bertz CT molecular complexity index is 503. The number of aliphatic hydroxyl groups is 1. The summed E-state index contributed by atoms with van der Waals surface area (Å²) in [5, 5.41) is 9.82. The second-order valence-corrected chi connectivity index (χ2v) is 6.30. The van der Waals surface area contributed by atoms with Gasteiger partial charge in [-0.2, -0.15) is 0 Å². The summed E-state index contributed by atoms with van der Waals surface area (Å²) >= 11 is 17.0. The maximum Gasteiger partial charge on any atom is 0.220 e. The van der Waals surface area contributed by atoms with E-state index >= 15 is 0 Å².